The van der Waals surface area contributed by atoms with Crippen molar-refractivity contribution in [2.75, 3.05) is 6.54 Å². The summed E-state index contributed by atoms with van der Waals surface area (Å²) >= 11 is 0. The van der Waals surface area contributed by atoms with E-state index in [0.717, 1.165) is 12.8 Å². The summed E-state index contributed by atoms with van der Waals surface area (Å²) in [7, 11) is 0. The van der Waals surface area contributed by atoms with E-state index in [-0.39, 0.29) is 17.7 Å². The number of carbonyl (C=O) groups excluding carboxylic acids is 2. The number of rotatable bonds is 2. The third kappa shape index (κ3) is 2.19. The van der Waals surface area contributed by atoms with Gasteiger partial charge in [-0.1, -0.05) is 19.3 Å². The van der Waals surface area contributed by atoms with Gasteiger partial charge in [-0.3, -0.25) is 15.0 Å². The maximum atomic E-state index is 11.8. The smallest absolute Gasteiger partial charge is 0.239 e. The van der Waals surface area contributed by atoms with Crippen LogP contribution in [0.1, 0.15) is 38.5 Å². The molecular weight excluding hydrogens is 206 g/mol. The molecule has 1 aliphatic carbocycles. The molecule has 2 aliphatic rings. The Labute approximate surface area is 95.3 Å². The van der Waals surface area contributed by atoms with Crippen LogP contribution < -0.4 is 11.3 Å². The molecule has 1 atom stereocenters. The number of nitrogens with one attached hydrogen (secondary N) is 1. The maximum absolute atomic E-state index is 11.8. The van der Waals surface area contributed by atoms with Crippen molar-refractivity contribution in [3.05, 3.63) is 0 Å². The highest BCUT2D eigenvalue weighted by Crippen LogP contribution is 2.28. The lowest BCUT2D eigenvalue weighted by molar-refractivity contribution is -0.130. The number of hydrazine groups is 1. The van der Waals surface area contributed by atoms with Crippen molar-refractivity contribution < 1.29 is 9.59 Å². The quantitative estimate of drug-likeness (QED) is 0.399. The predicted octanol–water partition coefficient (Wildman–Crippen LogP) is 0.157. The summed E-state index contributed by atoms with van der Waals surface area (Å²) in [5, 5.41) is 0. The lowest BCUT2D eigenvalue weighted by atomic mass is 9.94. The minimum Gasteiger partial charge on any atom is -0.339 e. The second kappa shape index (κ2) is 4.82. The fourth-order valence-electron chi connectivity index (χ4n) is 2.77. The number of carbonyl (C=O) groups is 2. The van der Waals surface area contributed by atoms with Gasteiger partial charge in [0.25, 0.3) is 0 Å². The van der Waals surface area contributed by atoms with Crippen LogP contribution in [-0.2, 0) is 9.59 Å². The summed E-state index contributed by atoms with van der Waals surface area (Å²) in [5.74, 6) is 4.74. The molecule has 0 aromatic heterocycles. The molecule has 1 saturated carbocycles. The highest BCUT2D eigenvalue weighted by Gasteiger charge is 2.37. The first-order valence-electron chi connectivity index (χ1n) is 6.02. The van der Waals surface area contributed by atoms with Crippen LogP contribution in [0.4, 0.5) is 0 Å². The number of amides is 2. The number of hydrogen-bond donors (Lipinski definition) is 2. The number of likely N-dealkylation sites (tertiary alicyclic amines) is 1. The van der Waals surface area contributed by atoms with Gasteiger partial charge in [-0.15, -0.1) is 0 Å². The first kappa shape index (κ1) is 11.4. The topological polar surface area (TPSA) is 75.4 Å². The van der Waals surface area contributed by atoms with Crippen LogP contribution in [0.5, 0.6) is 0 Å². The Morgan fingerprint density at radius 3 is 2.62 bits per heavy atom. The third-order valence-corrected chi connectivity index (χ3v) is 3.69. The van der Waals surface area contributed by atoms with E-state index in [1.165, 1.54) is 19.3 Å². The average molecular weight is 225 g/mol. The molecule has 2 amide bonds. The molecule has 1 unspecified atom stereocenters. The molecule has 1 saturated heterocycles. The summed E-state index contributed by atoms with van der Waals surface area (Å²) in [4.78, 5) is 25.1. The lowest BCUT2D eigenvalue weighted by Crippen LogP contribution is -2.40. The van der Waals surface area contributed by atoms with E-state index in [2.05, 4.69) is 5.43 Å². The Morgan fingerprint density at radius 1 is 1.31 bits per heavy atom. The molecule has 3 N–H and O–H groups in total. The Balaban J connectivity index is 1.96. The summed E-state index contributed by atoms with van der Waals surface area (Å²) in [6.07, 6.45) is 6.15. The number of nitrogens with zero attached hydrogens (tertiary/aromatic N) is 1. The van der Waals surface area contributed by atoms with Gasteiger partial charge in [0.1, 0.15) is 0 Å². The van der Waals surface area contributed by atoms with Gasteiger partial charge < -0.3 is 4.90 Å². The lowest BCUT2D eigenvalue weighted by Gasteiger charge is -2.31. The van der Waals surface area contributed by atoms with Gasteiger partial charge in [0.05, 0.1) is 5.92 Å². The average Bonchev–Trinajstić information content (AvgIpc) is 2.71. The molecule has 5 nitrogen and oxygen atoms in total. The van der Waals surface area contributed by atoms with Crippen molar-refractivity contribution in [2.45, 2.75) is 44.6 Å². The Kier molecular flexibility index (Phi) is 3.43. The fraction of sp³-hybridized carbons (Fsp3) is 0.818. The zero-order valence-corrected chi connectivity index (χ0v) is 9.45. The molecule has 0 aromatic rings. The van der Waals surface area contributed by atoms with E-state index in [0.29, 0.717) is 19.0 Å². The minimum atomic E-state index is -0.251. The van der Waals surface area contributed by atoms with E-state index in [1.807, 2.05) is 4.90 Å². The summed E-state index contributed by atoms with van der Waals surface area (Å²) < 4.78 is 0. The van der Waals surface area contributed by atoms with E-state index < -0.39 is 0 Å². The van der Waals surface area contributed by atoms with E-state index >= 15 is 0 Å². The van der Waals surface area contributed by atoms with Crippen molar-refractivity contribution in [1.82, 2.24) is 10.3 Å². The molecule has 0 spiro atoms. The Morgan fingerprint density at radius 2 is 2.00 bits per heavy atom. The largest absolute Gasteiger partial charge is 0.339 e. The highest BCUT2D eigenvalue weighted by molar-refractivity contribution is 5.89. The zero-order valence-electron chi connectivity index (χ0n) is 9.45. The SMILES string of the molecule is NNC(=O)C1CC(=O)N(C2CCCCC2)C1. The van der Waals surface area contributed by atoms with Crippen molar-refractivity contribution in [3.8, 4) is 0 Å². The number of nitrogens with two attached hydrogens (primary N) is 1. The van der Waals surface area contributed by atoms with Crippen molar-refractivity contribution in [2.24, 2.45) is 11.8 Å². The monoisotopic (exact) mass is 225 g/mol. The van der Waals surface area contributed by atoms with Gasteiger partial charge in [0, 0.05) is 19.0 Å². The molecule has 0 aromatic carbocycles. The summed E-state index contributed by atoms with van der Waals surface area (Å²) in [6.45, 7) is 0.548. The van der Waals surface area contributed by atoms with Crippen LogP contribution >= 0.6 is 0 Å². The standard InChI is InChI=1S/C11H19N3O2/c12-13-11(16)8-6-10(15)14(7-8)9-4-2-1-3-5-9/h8-9H,1-7,12H2,(H,13,16). The van der Waals surface area contributed by atoms with Crippen LogP contribution in [0.2, 0.25) is 0 Å². The van der Waals surface area contributed by atoms with Gasteiger partial charge in [-0.05, 0) is 12.8 Å². The molecular formula is C11H19N3O2. The molecule has 0 bridgehead atoms. The van der Waals surface area contributed by atoms with Crippen molar-refractivity contribution >= 4 is 11.8 Å². The summed E-state index contributed by atoms with van der Waals surface area (Å²) in [5.41, 5.74) is 2.13. The first-order valence-corrected chi connectivity index (χ1v) is 6.02. The Hall–Kier alpha value is -1.10. The Bertz CT molecular complexity index is 287. The molecule has 16 heavy (non-hydrogen) atoms. The second-order valence-electron chi connectivity index (χ2n) is 4.75. The number of hydrogen-bond acceptors (Lipinski definition) is 3. The molecule has 0 radical (unpaired) electrons. The third-order valence-electron chi connectivity index (χ3n) is 3.69. The van der Waals surface area contributed by atoms with Crippen LogP contribution in [0.3, 0.4) is 0 Å². The highest BCUT2D eigenvalue weighted by atomic mass is 16.2. The van der Waals surface area contributed by atoms with Gasteiger partial charge in [-0.25, -0.2) is 5.84 Å². The van der Waals surface area contributed by atoms with Crippen molar-refractivity contribution in [3.63, 3.8) is 0 Å². The van der Waals surface area contributed by atoms with Crippen LogP contribution in [0, 0.1) is 5.92 Å². The van der Waals surface area contributed by atoms with E-state index in [9.17, 15) is 9.59 Å². The van der Waals surface area contributed by atoms with Gasteiger partial charge in [0.15, 0.2) is 0 Å². The van der Waals surface area contributed by atoms with Gasteiger partial charge in [0.2, 0.25) is 11.8 Å². The van der Waals surface area contributed by atoms with E-state index in [1.54, 1.807) is 0 Å². The molecule has 2 fully saturated rings. The second-order valence-corrected chi connectivity index (χ2v) is 4.75. The molecule has 1 aliphatic heterocycles. The molecule has 2 rings (SSSR count). The maximum Gasteiger partial charge on any atom is 0.239 e. The van der Waals surface area contributed by atoms with E-state index in [4.69, 9.17) is 5.84 Å². The molecule has 1 heterocycles. The van der Waals surface area contributed by atoms with Gasteiger partial charge >= 0.3 is 0 Å². The molecule has 5 heteroatoms. The van der Waals surface area contributed by atoms with Crippen LogP contribution in [0.25, 0.3) is 0 Å². The van der Waals surface area contributed by atoms with Crippen molar-refractivity contribution in [1.29, 1.82) is 0 Å². The zero-order chi connectivity index (χ0) is 11.5. The first-order chi connectivity index (χ1) is 7.72. The van der Waals surface area contributed by atoms with Crippen LogP contribution in [0.15, 0.2) is 0 Å². The van der Waals surface area contributed by atoms with Crippen LogP contribution in [-0.4, -0.2) is 29.3 Å². The fourth-order valence-corrected chi connectivity index (χ4v) is 2.77. The predicted molar refractivity (Wildman–Crippen MR) is 59.0 cm³/mol. The molecule has 90 valence electrons. The summed E-state index contributed by atoms with van der Waals surface area (Å²) in [6, 6.07) is 0.358. The minimum absolute atomic E-state index is 0.112. The normalized spacial score (nSPS) is 27.2. The van der Waals surface area contributed by atoms with Gasteiger partial charge in [-0.2, -0.15) is 0 Å².